The standard InChI is InChI=1S/C14H13N3O2S/c18-13(19)8-20-14-16-15-9-17(14)12-7-3-5-10-4-1-2-6-11(10)12/h1-7,15H,8-9H2,(H,18,19). The second-order valence-corrected chi connectivity index (χ2v) is 5.26. The molecule has 1 heterocycles. The summed E-state index contributed by atoms with van der Waals surface area (Å²) < 4.78 is 0. The summed E-state index contributed by atoms with van der Waals surface area (Å²) in [4.78, 5) is 12.7. The fourth-order valence-corrected chi connectivity index (χ4v) is 2.87. The Morgan fingerprint density at radius 3 is 2.95 bits per heavy atom. The molecule has 2 aromatic rings. The van der Waals surface area contributed by atoms with Crippen LogP contribution in [0.1, 0.15) is 0 Å². The highest BCUT2D eigenvalue weighted by molar-refractivity contribution is 8.14. The summed E-state index contributed by atoms with van der Waals surface area (Å²) in [5.74, 6) is -0.843. The molecule has 3 rings (SSSR count). The predicted octanol–water partition coefficient (Wildman–Crippen LogP) is 2.30. The average molecular weight is 287 g/mol. The van der Waals surface area contributed by atoms with Gasteiger partial charge in [0.15, 0.2) is 5.17 Å². The Balaban J connectivity index is 1.94. The first kappa shape index (κ1) is 12.8. The van der Waals surface area contributed by atoms with Crippen molar-refractivity contribution < 1.29 is 9.90 Å². The van der Waals surface area contributed by atoms with Crippen LogP contribution in [0.15, 0.2) is 47.6 Å². The van der Waals surface area contributed by atoms with Crippen molar-refractivity contribution in [2.45, 2.75) is 0 Å². The normalized spacial score (nSPS) is 14.2. The van der Waals surface area contributed by atoms with Crippen molar-refractivity contribution in [2.24, 2.45) is 5.10 Å². The fraction of sp³-hybridized carbons (Fsp3) is 0.143. The van der Waals surface area contributed by atoms with Gasteiger partial charge >= 0.3 is 5.97 Å². The van der Waals surface area contributed by atoms with Gasteiger partial charge in [0.2, 0.25) is 0 Å². The Kier molecular flexibility index (Phi) is 3.47. The van der Waals surface area contributed by atoms with Crippen LogP contribution in [-0.2, 0) is 4.79 Å². The van der Waals surface area contributed by atoms with Gasteiger partial charge in [-0.2, -0.15) is 5.10 Å². The van der Waals surface area contributed by atoms with Crippen LogP contribution >= 0.6 is 11.8 Å². The smallest absolute Gasteiger partial charge is 0.313 e. The molecule has 0 saturated heterocycles. The predicted molar refractivity (Wildman–Crippen MR) is 82.0 cm³/mol. The Bertz CT molecular complexity index is 682. The van der Waals surface area contributed by atoms with Crippen LogP contribution in [0.5, 0.6) is 0 Å². The molecule has 2 aromatic carbocycles. The van der Waals surface area contributed by atoms with Crippen molar-refractivity contribution >= 4 is 39.4 Å². The summed E-state index contributed by atoms with van der Waals surface area (Å²) in [6.45, 7) is 0.552. The van der Waals surface area contributed by atoms with Crippen molar-refractivity contribution in [3.05, 3.63) is 42.5 Å². The second-order valence-electron chi connectivity index (χ2n) is 4.32. The number of hydrogen-bond donors (Lipinski definition) is 2. The molecule has 0 unspecified atom stereocenters. The van der Waals surface area contributed by atoms with Crippen LogP contribution in [0.25, 0.3) is 10.8 Å². The number of amidine groups is 1. The van der Waals surface area contributed by atoms with E-state index in [1.165, 1.54) is 11.8 Å². The Morgan fingerprint density at radius 2 is 2.10 bits per heavy atom. The molecule has 1 aliphatic rings. The van der Waals surface area contributed by atoms with Crippen LogP contribution in [0, 0.1) is 0 Å². The summed E-state index contributed by atoms with van der Waals surface area (Å²) >= 11 is 1.22. The SMILES string of the molecule is O=C(O)CSC1=NNCN1c1cccc2ccccc12. The number of carbonyl (C=O) groups is 1. The highest BCUT2D eigenvalue weighted by Gasteiger charge is 2.21. The number of aliphatic carboxylic acids is 1. The van der Waals surface area contributed by atoms with Crippen molar-refractivity contribution in [3.63, 3.8) is 0 Å². The van der Waals surface area contributed by atoms with Gasteiger partial charge in [0.05, 0.1) is 11.4 Å². The van der Waals surface area contributed by atoms with E-state index >= 15 is 0 Å². The summed E-state index contributed by atoms with van der Waals surface area (Å²) in [6, 6.07) is 14.2. The van der Waals surface area contributed by atoms with E-state index in [9.17, 15) is 4.79 Å². The highest BCUT2D eigenvalue weighted by atomic mass is 32.2. The van der Waals surface area contributed by atoms with Crippen LogP contribution < -0.4 is 10.3 Å². The molecule has 0 bridgehead atoms. The number of fused-ring (bicyclic) bond motifs is 1. The third kappa shape index (κ3) is 2.42. The largest absolute Gasteiger partial charge is 0.481 e. The number of nitrogens with one attached hydrogen (secondary N) is 1. The zero-order valence-corrected chi connectivity index (χ0v) is 11.4. The molecule has 0 aliphatic carbocycles. The van der Waals surface area contributed by atoms with Crippen LogP contribution in [-0.4, -0.2) is 28.7 Å². The number of hydrogen-bond acceptors (Lipinski definition) is 5. The molecule has 0 atom stereocenters. The summed E-state index contributed by atoms with van der Waals surface area (Å²) in [6.07, 6.45) is 0. The molecule has 2 N–H and O–H groups in total. The average Bonchev–Trinajstić information content (AvgIpc) is 2.92. The summed E-state index contributed by atoms with van der Waals surface area (Å²) in [5.41, 5.74) is 3.94. The third-order valence-corrected chi connectivity index (χ3v) is 3.98. The monoisotopic (exact) mass is 287 g/mol. The van der Waals surface area contributed by atoms with Gasteiger partial charge in [0.1, 0.15) is 6.67 Å². The minimum Gasteiger partial charge on any atom is -0.481 e. The number of carboxylic acid groups (broad SMARTS) is 1. The van der Waals surface area contributed by atoms with E-state index in [0.717, 1.165) is 16.5 Å². The Labute approximate surface area is 120 Å². The minimum atomic E-state index is -0.845. The third-order valence-electron chi connectivity index (χ3n) is 3.02. The van der Waals surface area contributed by atoms with Gasteiger partial charge in [-0.15, -0.1) is 0 Å². The van der Waals surface area contributed by atoms with Crippen molar-refractivity contribution in [1.82, 2.24) is 5.43 Å². The minimum absolute atomic E-state index is 0.00177. The quantitative estimate of drug-likeness (QED) is 0.907. The van der Waals surface area contributed by atoms with Gasteiger partial charge in [-0.05, 0) is 11.5 Å². The van der Waals surface area contributed by atoms with Gasteiger partial charge in [-0.3, -0.25) is 15.1 Å². The number of hydrazone groups is 1. The molecule has 20 heavy (non-hydrogen) atoms. The fourth-order valence-electron chi connectivity index (χ4n) is 2.17. The van der Waals surface area contributed by atoms with Crippen LogP contribution in [0.2, 0.25) is 0 Å². The molecule has 0 amide bonds. The number of thioether (sulfide) groups is 1. The van der Waals surface area contributed by atoms with Gasteiger partial charge in [0.25, 0.3) is 0 Å². The van der Waals surface area contributed by atoms with E-state index in [1.807, 2.05) is 29.2 Å². The summed E-state index contributed by atoms with van der Waals surface area (Å²) in [5, 5.41) is 15.9. The van der Waals surface area contributed by atoms with Gasteiger partial charge in [-0.1, -0.05) is 48.2 Å². The number of anilines is 1. The molecular weight excluding hydrogens is 274 g/mol. The lowest BCUT2D eigenvalue weighted by Crippen LogP contribution is -2.28. The first-order valence-corrected chi connectivity index (χ1v) is 7.15. The zero-order valence-electron chi connectivity index (χ0n) is 10.6. The molecule has 102 valence electrons. The Morgan fingerprint density at radius 1 is 1.30 bits per heavy atom. The van der Waals surface area contributed by atoms with E-state index in [-0.39, 0.29) is 5.75 Å². The summed E-state index contributed by atoms with van der Waals surface area (Å²) in [7, 11) is 0. The lowest BCUT2D eigenvalue weighted by molar-refractivity contribution is -0.133. The molecule has 1 aliphatic heterocycles. The van der Waals surface area contributed by atoms with Crippen molar-refractivity contribution in [2.75, 3.05) is 17.3 Å². The number of carboxylic acids is 1. The topological polar surface area (TPSA) is 64.9 Å². The van der Waals surface area contributed by atoms with E-state index < -0.39 is 5.97 Å². The molecule has 6 heteroatoms. The molecule has 5 nitrogen and oxygen atoms in total. The molecule has 0 saturated carbocycles. The highest BCUT2D eigenvalue weighted by Crippen LogP contribution is 2.29. The molecule has 0 aromatic heterocycles. The van der Waals surface area contributed by atoms with Crippen molar-refractivity contribution in [3.8, 4) is 0 Å². The first-order valence-electron chi connectivity index (χ1n) is 6.16. The molecular formula is C14H13N3O2S. The maximum absolute atomic E-state index is 10.7. The van der Waals surface area contributed by atoms with E-state index in [2.05, 4.69) is 28.7 Å². The first-order chi connectivity index (χ1) is 9.75. The van der Waals surface area contributed by atoms with E-state index in [4.69, 9.17) is 5.11 Å². The lowest BCUT2D eigenvalue weighted by atomic mass is 10.1. The lowest BCUT2D eigenvalue weighted by Gasteiger charge is -2.20. The van der Waals surface area contributed by atoms with Crippen LogP contribution in [0.4, 0.5) is 5.69 Å². The van der Waals surface area contributed by atoms with Gasteiger partial charge in [0, 0.05) is 5.39 Å². The second kappa shape index (κ2) is 5.42. The molecule has 0 fully saturated rings. The number of benzene rings is 2. The number of rotatable bonds is 3. The van der Waals surface area contributed by atoms with E-state index in [0.29, 0.717) is 11.8 Å². The zero-order chi connectivity index (χ0) is 13.9. The maximum Gasteiger partial charge on any atom is 0.313 e. The van der Waals surface area contributed by atoms with E-state index in [1.54, 1.807) is 0 Å². The molecule has 0 spiro atoms. The van der Waals surface area contributed by atoms with Gasteiger partial charge < -0.3 is 5.11 Å². The number of nitrogens with zero attached hydrogens (tertiary/aromatic N) is 2. The molecule has 0 radical (unpaired) electrons. The van der Waals surface area contributed by atoms with Gasteiger partial charge in [-0.25, -0.2) is 0 Å². The Hall–Kier alpha value is -2.21. The van der Waals surface area contributed by atoms with Crippen molar-refractivity contribution in [1.29, 1.82) is 0 Å². The van der Waals surface area contributed by atoms with Crippen LogP contribution in [0.3, 0.4) is 0 Å². The maximum atomic E-state index is 10.7.